The zero-order chi connectivity index (χ0) is 24.7. The number of carboxylic acid groups (broad SMARTS) is 1. The predicted molar refractivity (Wildman–Crippen MR) is 135 cm³/mol. The minimum atomic E-state index is -0.890. The molecule has 2 aliphatic rings. The zero-order valence-corrected chi connectivity index (χ0v) is 19.6. The maximum absolute atomic E-state index is 13.1. The van der Waals surface area contributed by atoms with Crippen LogP contribution in [0.4, 0.5) is 16.3 Å². The Hall–Kier alpha value is -4.40. The molecule has 36 heavy (non-hydrogen) atoms. The topological polar surface area (TPSA) is 114 Å². The first-order valence-corrected chi connectivity index (χ1v) is 12.0. The van der Waals surface area contributed by atoms with Gasteiger partial charge in [0.2, 0.25) is 0 Å². The average Bonchev–Trinajstić information content (AvgIpc) is 3.51. The molecule has 0 aliphatic carbocycles. The molecule has 2 aromatic heterocycles. The van der Waals surface area contributed by atoms with Gasteiger partial charge in [0.05, 0.1) is 5.39 Å². The van der Waals surface area contributed by atoms with E-state index in [1.165, 1.54) is 4.90 Å². The van der Waals surface area contributed by atoms with Gasteiger partial charge in [0.15, 0.2) is 0 Å². The molecule has 9 heteroatoms. The highest BCUT2D eigenvalue weighted by Gasteiger charge is 2.46. The fourth-order valence-corrected chi connectivity index (χ4v) is 5.51. The number of aromatic amines is 1. The Morgan fingerprint density at radius 3 is 2.64 bits per heavy atom. The van der Waals surface area contributed by atoms with Crippen molar-refractivity contribution in [3.63, 3.8) is 0 Å². The Labute approximate surface area is 207 Å². The van der Waals surface area contributed by atoms with Crippen LogP contribution in [-0.4, -0.2) is 56.6 Å². The van der Waals surface area contributed by atoms with E-state index in [0.717, 1.165) is 33.7 Å². The Kier molecular flexibility index (Phi) is 5.32. The lowest BCUT2D eigenvalue weighted by molar-refractivity contribution is 0.0950. The minimum Gasteiger partial charge on any atom is -0.465 e. The van der Waals surface area contributed by atoms with Crippen LogP contribution in [0.3, 0.4) is 0 Å². The molecular weight excluding hydrogens is 456 g/mol. The number of hydrogen-bond acceptors (Lipinski definition) is 5. The number of anilines is 2. The Morgan fingerprint density at radius 2 is 1.86 bits per heavy atom. The first-order chi connectivity index (χ1) is 17.5. The van der Waals surface area contributed by atoms with Crippen LogP contribution in [0.5, 0.6) is 0 Å². The quantitative estimate of drug-likeness (QED) is 0.404. The number of likely N-dealkylation sites (tertiary alicyclic amines) is 1. The highest BCUT2D eigenvalue weighted by molar-refractivity contribution is 5.96. The van der Waals surface area contributed by atoms with E-state index in [4.69, 9.17) is 0 Å². The summed E-state index contributed by atoms with van der Waals surface area (Å²) in [5.74, 6) is 0.676. The average molecular weight is 483 g/mol. The number of benzene rings is 2. The second-order valence-corrected chi connectivity index (χ2v) is 9.47. The molecule has 0 radical (unpaired) electrons. The number of amides is 2. The summed E-state index contributed by atoms with van der Waals surface area (Å²) in [6.07, 6.45) is 3.87. The van der Waals surface area contributed by atoms with Crippen LogP contribution in [0.15, 0.2) is 67.1 Å². The monoisotopic (exact) mass is 482 g/mol. The highest BCUT2D eigenvalue weighted by atomic mass is 16.4. The van der Waals surface area contributed by atoms with Crippen molar-refractivity contribution in [2.75, 3.05) is 24.5 Å². The number of nitrogens with one attached hydrogen (secondary N) is 2. The number of piperidine rings is 1. The standard InChI is InChI=1S/C27H26N6O3/c34-25(29-15-18-4-2-1-3-5-18)19-6-7-22-21(14-19)27(9-12-32(13-10-27)26(35)36)16-33(22)24-20-8-11-28-23(20)30-17-31-24/h1-8,11,14,17H,9-10,12-13,15-16H2,(H,29,34)(H,35,36)(H,28,30,31). The van der Waals surface area contributed by atoms with Gasteiger partial charge in [-0.25, -0.2) is 14.8 Å². The molecule has 0 bridgehead atoms. The number of carbonyl (C=O) groups excluding carboxylic acids is 1. The third-order valence-electron chi connectivity index (χ3n) is 7.46. The molecule has 2 aromatic carbocycles. The van der Waals surface area contributed by atoms with Crippen LogP contribution in [0.25, 0.3) is 11.0 Å². The Morgan fingerprint density at radius 1 is 1.06 bits per heavy atom. The fourth-order valence-electron chi connectivity index (χ4n) is 5.51. The molecule has 4 heterocycles. The van der Waals surface area contributed by atoms with Crippen LogP contribution < -0.4 is 10.2 Å². The normalized spacial score (nSPS) is 16.3. The van der Waals surface area contributed by atoms with E-state index in [1.807, 2.05) is 60.8 Å². The van der Waals surface area contributed by atoms with Crippen molar-refractivity contribution in [1.82, 2.24) is 25.2 Å². The largest absolute Gasteiger partial charge is 0.465 e. The molecule has 0 unspecified atom stereocenters. The lowest BCUT2D eigenvalue weighted by atomic mass is 9.74. The second-order valence-electron chi connectivity index (χ2n) is 9.47. The van der Waals surface area contributed by atoms with E-state index in [2.05, 4.69) is 25.2 Å². The number of nitrogens with zero attached hydrogens (tertiary/aromatic N) is 4. The smallest absolute Gasteiger partial charge is 0.407 e. The second kappa shape index (κ2) is 8.67. The molecule has 2 aliphatic heterocycles. The van der Waals surface area contributed by atoms with Crippen molar-refractivity contribution < 1.29 is 14.7 Å². The molecule has 4 aromatic rings. The van der Waals surface area contributed by atoms with Crippen molar-refractivity contribution in [2.45, 2.75) is 24.8 Å². The number of rotatable bonds is 4. The third-order valence-corrected chi connectivity index (χ3v) is 7.46. The maximum atomic E-state index is 13.1. The van der Waals surface area contributed by atoms with Gasteiger partial charge >= 0.3 is 6.09 Å². The SMILES string of the molecule is O=C(NCc1ccccc1)c1ccc2c(c1)C1(CCN(C(=O)O)CC1)CN2c1ncnc2[nH]ccc12. The third kappa shape index (κ3) is 3.73. The molecule has 0 saturated carbocycles. The van der Waals surface area contributed by atoms with E-state index in [9.17, 15) is 14.7 Å². The Balaban J connectivity index is 1.36. The molecule has 1 fully saturated rings. The summed E-state index contributed by atoms with van der Waals surface area (Å²) in [4.78, 5) is 40.4. The summed E-state index contributed by atoms with van der Waals surface area (Å²) in [7, 11) is 0. The van der Waals surface area contributed by atoms with Crippen molar-refractivity contribution in [1.29, 1.82) is 0 Å². The van der Waals surface area contributed by atoms with Crippen molar-refractivity contribution in [2.24, 2.45) is 0 Å². The van der Waals surface area contributed by atoms with Crippen LogP contribution in [0, 0.1) is 0 Å². The maximum Gasteiger partial charge on any atom is 0.407 e. The van der Waals surface area contributed by atoms with Gasteiger partial charge < -0.3 is 25.2 Å². The van der Waals surface area contributed by atoms with Gasteiger partial charge in [-0.2, -0.15) is 0 Å². The summed E-state index contributed by atoms with van der Waals surface area (Å²) >= 11 is 0. The molecule has 6 rings (SSSR count). The van der Waals surface area contributed by atoms with Crippen LogP contribution in [0.1, 0.15) is 34.3 Å². The highest BCUT2D eigenvalue weighted by Crippen LogP contribution is 2.50. The number of fused-ring (bicyclic) bond motifs is 3. The summed E-state index contributed by atoms with van der Waals surface area (Å²) < 4.78 is 0. The van der Waals surface area contributed by atoms with Crippen molar-refractivity contribution in [3.8, 4) is 0 Å². The van der Waals surface area contributed by atoms with Gasteiger partial charge in [-0.15, -0.1) is 0 Å². The molecular formula is C27H26N6O3. The molecule has 1 spiro atoms. The van der Waals surface area contributed by atoms with E-state index >= 15 is 0 Å². The first kappa shape index (κ1) is 22.1. The summed E-state index contributed by atoms with van der Waals surface area (Å²) in [5.41, 5.74) is 4.20. The van der Waals surface area contributed by atoms with Crippen LogP contribution >= 0.6 is 0 Å². The summed E-state index contributed by atoms with van der Waals surface area (Å²) in [6, 6.07) is 17.6. The van der Waals surface area contributed by atoms with E-state index < -0.39 is 6.09 Å². The predicted octanol–water partition coefficient (Wildman–Crippen LogP) is 4.05. The number of carbonyl (C=O) groups is 2. The van der Waals surface area contributed by atoms with E-state index in [0.29, 0.717) is 44.6 Å². The summed E-state index contributed by atoms with van der Waals surface area (Å²) in [6.45, 7) is 2.03. The first-order valence-electron chi connectivity index (χ1n) is 12.0. The fraction of sp³-hybridized carbons (Fsp3) is 0.259. The molecule has 0 atom stereocenters. The minimum absolute atomic E-state index is 0.131. The lowest BCUT2D eigenvalue weighted by Crippen LogP contribution is -2.46. The van der Waals surface area contributed by atoms with Gasteiger partial charge in [-0.1, -0.05) is 30.3 Å². The number of H-pyrrole nitrogens is 1. The zero-order valence-electron chi connectivity index (χ0n) is 19.6. The van der Waals surface area contributed by atoms with Crippen molar-refractivity contribution >= 4 is 34.5 Å². The van der Waals surface area contributed by atoms with E-state index in [1.54, 1.807) is 6.33 Å². The van der Waals surface area contributed by atoms with Gasteiger partial charge in [-0.05, 0) is 48.2 Å². The van der Waals surface area contributed by atoms with Gasteiger partial charge in [-0.3, -0.25) is 4.79 Å². The molecule has 3 N–H and O–H groups in total. The van der Waals surface area contributed by atoms with Gasteiger partial charge in [0, 0.05) is 49.0 Å². The molecule has 9 nitrogen and oxygen atoms in total. The van der Waals surface area contributed by atoms with E-state index in [-0.39, 0.29) is 11.3 Å². The van der Waals surface area contributed by atoms with Gasteiger partial charge in [0.1, 0.15) is 17.8 Å². The molecule has 182 valence electrons. The molecule has 1 saturated heterocycles. The Bertz CT molecular complexity index is 1440. The van der Waals surface area contributed by atoms with Gasteiger partial charge in [0.25, 0.3) is 5.91 Å². The summed E-state index contributed by atoms with van der Waals surface area (Å²) in [5, 5.41) is 13.4. The number of hydrogen-bond donors (Lipinski definition) is 3. The molecule has 2 amide bonds. The van der Waals surface area contributed by atoms with Crippen LogP contribution in [-0.2, 0) is 12.0 Å². The van der Waals surface area contributed by atoms with Crippen molar-refractivity contribution in [3.05, 3.63) is 83.8 Å². The van der Waals surface area contributed by atoms with Crippen LogP contribution in [0.2, 0.25) is 0 Å². The number of aromatic nitrogens is 3. The lowest BCUT2D eigenvalue weighted by Gasteiger charge is -2.38.